The van der Waals surface area contributed by atoms with E-state index in [0.717, 1.165) is 19.3 Å². The van der Waals surface area contributed by atoms with Crippen molar-refractivity contribution in [3.8, 4) is 0 Å². The number of rotatable bonds is 0. The maximum Gasteiger partial charge on any atom is 0.101 e. The van der Waals surface area contributed by atoms with Gasteiger partial charge in [-0.1, -0.05) is 29.8 Å². The van der Waals surface area contributed by atoms with Crippen LogP contribution in [0.25, 0.3) is 0 Å². The van der Waals surface area contributed by atoms with Crippen molar-refractivity contribution >= 4 is 27.5 Å². The molecule has 0 amide bonds. The molecule has 2 nitrogen and oxygen atoms in total. The number of ether oxygens (including phenoxy) is 2. The summed E-state index contributed by atoms with van der Waals surface area (Å²) < 4.78 is 12.6. The maximum atomic E-state index is 6.71. The molecule has 4 unspecified atom stereocenters. The van der Waals surface area contributed by atoms with Gasteiger partial charge in [0.25, 0.3) is 0 Å². The van der Waals surface area contributed by atoms with Gasteiger partial charge in [0.15, 0.2) is 0 Å². The summed E-state index contributed by atoms with van der Waals surface area (Å²) in [6.45, 7) is 9.18. The molecule has 2 saturated heterocycles. The summed E-state index contributed by atoms with van der Waals surface area (Å²) in [6.07, 6.45) is 3.97. The quantitative estimate of drug-likeness (QED) is 0.489. The number of alkyl halides is 2. The molecule has 0 aromatic rings. The molecule has 108 valence electrons. The molecule has 0 N–H and O–H groups in total. The van der Waals surface area contributed by atoms with Crippen molar-refractivity contribution in [1.82, 2.24) is 0 Å². The van der Waals surface area contributed by atoms with Gasteiger partial charge in [0, 0.05) is 22.1 Å². The topological polar surface area (TPSA) is 21.8 Å². The average Bonchev–Trinajstić information content (AvgIpc) is 2.88. The zero-order valence-corrected chi connectivity index (χ0v) is 14.3. The van der Waals surface area contributed by atoms with Gasteiger partial charge in [-0.3, -0.25) is 0 Å². The minimum atomic E-state index is -0.218. The van der Waals surface area contributed by atoms with E-state index in [9.17, 15) is 0 Å². The highest BCUT2D eigenvalue weighted by Crippen LogP contribution is 2.75. The zero-order chi connectivity index (χ0) is 13.8. The molecule has 19 heavy (non-hydrogen) atoms. The third-order valence-electron chi connectivity index (χ3n) is 6.83. The third kappa shape index (κ3) is 1.28. The minimum Gasteiger partial charge on any atom is -0.374 e. The van der Waals surface area contributed by atoms with E-state index in [1.165, 1.54) is 0 Å². The van der Waals surface area contributed by atoms with E-state index < -0.39 is 0 Å². The largest absolute Gasteiger partial charge is 0.374 e. The predicted octanol–water partition coefficient (Wildman–Crippen LogP) is 3.88. The van der Waals surface area contributed by atoms with E-state index in [1.807, 2.05) is 0 Å². The van der Waals surface area contributed by atoms with Crippen LogP contribution in [0.3, 0.4) is 0 Å². The number of fused-ring (bicyclic) bond motifs is 2. The lowest BCUT2D eigenvalue weighted by atomic mass is 9.47. The van der Waals surface area contributed by atoms with E-state index in [0.29, 0.717) is 17.0 Å². The molecule has 2 heterocycles. The summed E-state index contributed by atoms with van der Waals surface area (Å²) in [5.41, 5.74) is 0.266. The summed E-state index contributed by atoms with van der Waals surface area (Å²) in [6, 6.07) is 0. The smallest absolute Gasteiger partial charge is 0.101 e. The fourth-order valence-electron chi connectivity index (χ4n) is 5.42. The molecule has 0 radical (unpaired) electrons. The number of hydrogen-bond acceptors (Lipinski definition) is 2. The summed E-state index contributed by atoms with van der Waals surface area (Å²) in [7, 11) is 0. The van der Waals surface area contributed by atoms with Crippen LogP contribution in [0.4, 0.5) is 0 Å². The minimum absolute atomic E-state index is 0.00637. The first-order valence-corrected chi connectivity index (χ1v) is 8.61. The van der Waals surface area contributed by atoms with Crippen molar-refractivity contribution in [3.05, 3.63) is 0 Å². The van der Waals surface area contributed by atoms with Crippen molar-refractivity contribution in [3.63, 3.8) is 0 Å². The van der Waals surface area contributed by atoms with Gasteiger partial charge in [-0.15, -0.1) is 11.6 Å². The Bertz CT molecular complexity index is 451. The molecular weight excluding hydrogens is 328 g/mol. The van der Waals surface area contributed by atoms with Crippen molar-refractivity contribution < 1.29 is 9.47 Å². The Morgan fingerprint density at radius 1 is 1.05 bits per heavy atom. The van der Waals surface area contributed by atoms with Gasteiger partial charge in [0.1, 0.15) is 5.60 Å². The Morgan fingerprint density at radius 2 is 1.74 bits per heavy atom. The van der Waals surface area contributed by atoms with Crippen molar-refractivity contribution in [2.45, 2.75) is 80.6 Å². The number of epoxide rings is 1. The first-order valence-electron chi connectivity index (χ1n) is 7.31. The molecule has 1 spiro atoms. The van der Waals surface area contributed by atoms with Crippen molar-refractivity contribution in [2.75, 3.05) is 0 Å². The van der Waals surface area contributed by atoms with Crippen LogP contribution >= 0.6 is 27.5 Å². The van der Waals surface area contributed by atoms with Crippen LogP contribution in [0.1, 0.15) is 47.0 Å². The normalized spacial score (nSPS) is 65.4. The van der Waals surface area contributed by atoms with Crippen LogP contribution in [0.15, 0.2) is 0 Å². The first-order chi connectivity index (χ1) is 8.65. The molecule has 2 bridgehead atoms. The van der Waals surface area contributed by atoms with Gasteiger partial charge < -0.3 is 9.47 Å². The molecule has 4 fully saturated rings. The molecule has 7 atom stereocenters. The number of hydrogen-bond donors (Lipinski definition) is 0. The second-order valence-electron chi connectivity index (χ2n) is 7.91. The van der Waals surface area contributed by atoms with Gasteiger partial charge in [0.05, 0.1) is 23.2 Å². The van der Waals surface area contributed by atoms with E-state index in [1.54, 1.807) is 0 Å². The van der Waals surface area contributed by atoms with Crippen molar-refractivity contribution in [1.29, 1.82) is 0 Å². The van der Waals surface area contributed by atoms with Crippen LogP contribution in [-0.2, 0) is 9.47 Å². The summed E-state index contributed by atoms with van der Waals surface area (Å²) in [4.78, 5) is 0.101. The fourth-order valence-corrected chi connectivity index (χ4v) is 6.34. The molecule has 4 aliphatic rings. The Kier molecular flexibility index (Phi) is 2.37. The molecule has 2 aliphatic heterocycles. The fraction of sp³-hybridized carbons (Fsp3) is 1.00. The molecule has 4 heteroatoms. The van der Waals surface area contributed by atoms with Gasteiger partial charge in [-0.2, -0.15) is 0 Å². The molecule has 2 saturated carbocycles. The average molecular weight is 350 g/mol. The standard InChI is InChI=1S/C15H22BrClO2/c1-12(2)9-5-10-14(4,19-10)15(12)6-8(16)13(3,17)7-11(15)18-9/h8-11H,5-7H2,1-4H3/t8-,9?,10-,11?,13?,14-,15?/m0/s1. The highest BCUT2D eigenvalue weighted by Gasteiger charge is 2.82. The lowest BCUT2D eigenvalue weighted by Gasteiger charge is -2.55. The van der Waals surface area contributed by atoms with Crippen LogP contribution in [-0.4, -0.2) is 33.6 Å². The monoisotopic (exact) mass is 348 g/mol. The lowest BCUT2D eigenvalue weighted by molar-refractivity contribution is -0.0597. The maximum absolute atomic E-state index is 6.71. The Balaban J connectivity index is 1.85. The van der Waals surface area contributed by atoms with Crippen molar-refractivity contribution in [2.24, 2.45) is 10.8 Å². The Morgan fingerprint density at radius 3 is 2.42 bits per heavy atom. The molecule has 0 aromatic heterocycles. The highest BCUT2D eigenvalue weighted by atomic mass is 79.9. The molecule has 0 aromatic carbocycles. The Hall–Kier alpha value is 0.690. The first kappa shape index (κ1) is 13.4. The lowest BCUT2D eigenvalue weighted by Crippen LogP contribution is -2.62. The molecular formula is C15H22BrClO2. The molecule has 4 rings (SSSR count). The summed E-state index contributed by atoms with van der Waals surface area (Å²) in [5, 5.41) is 0. The van der Waals surface area contributed by atoms with E-state index >= 15 is 0 Å². The van der Waals surface area contributed by atoms with Gasteiger partial charge >= 0.3 is 0 Å². The van der Waals surface area contributed by atoms with Crippen LogP contribution in [0.5, 0.6) is 0 Å². The van der Waals surface area contributed by atoms with Crippen LogP contribution in [0.2, 0.25) is 0 Å². The summed E-state index contributed by atoms with van der Waals surface area (Å²) >= 11 is 10.6. The van der Waals surface area contributed by atoms with Gasteiger partial charge in [0.2, 0.25) is 0 Å². The SMILES string of the molecule is CC1(Cl)CC2OC3C[C@@H]4O[C@]4(C)C2(C[C@@H]1Br)C3(C)C. The van der Waals surface area contributed by atoms with E-state index in [2.05, 4.69) is 43.6 Å². The van der Waals surface area contributed by atoms with Gasteiger partial charge in [-0.05, 0) is 26.7 Å². The second kappa shape index (κ2) is 3.37. The van der Waals surface area contributed by atoms with Crippen LogP contribution in [0, 0.1) is 10.8 Å². The van der Waals surface area contributed by atoms with E-state index in [-0.39, 0.29) is 27.4 Å². The second-order valence-corrected chi connectivity index (χ2v) is 9.88. The third-order valence-corrected chi connectivity index (χ3v) is 8.85. The predicted molar refractivity (Wildman–Crippen MR) is 79.0 cm³/mol. The summed E-state index contributed by atoms with van der Waals surface area (Å²) in [5.74, 6) is 0. The van der Waals surface area contributed by atoms with Crippen LogP contribution < -0.4 is 0 Å². The zero-order valence-electron chi connectivity index (χ0n) is 12.0. The van der Waals surface area contributed by atoms with E-state index in [4.69, 9.17) is 21.1 Å². The number of halogens is 2. The van der Waals surface area contributed by atoms with Gasteiger partial charge in [-0.25, -0.2) is 0 Å². The highest BCUT2D eigenvalue weighted by molar-refractivity contribution is 9.09. The Labute approximate surface area is 128 Å². The molecule has 2 aliphatic carbocycles.